The minimum Gasteiger partial charge on any atom is -0.269 e. The first kappa shape index (κ1) is 20.8. The summed E-state index contributed by atoms with van der Waals surface area (Å²) in [7, 11) is -3.75. The largest absolute Gasteiger partial charge is 0.433 e. The maximum absolute atomic E-state index is 13.4. The lowest BCUT2D eigenvalue weighted by molar-refractivity contribution is -0.142. The van der Waals surface area contributed by atoms with E-state index in [-0.39, 0.29) is 35.2 Å². The zero-order chi connectivity index (χ0) is 21.8. The fourth-order valence-electron chi connectivity index (χ4n) is 3.85. The molecule has 1 saturated heterocycles. The summed E-state index contributed by atoms with van der Waals surface area (Å²) in [5.74, 6) is -0.315. The summed E-state index contributed by atoms with van der Waals surface area (Å²) in [6.45, 7) is 6.02. The topological polar surface area (TPSA) is 85.4 Å². The van der Waals surface area contributed by atoms with Gasteiger partial charge in [-0.15, -0.1) is 0 Å². The first-order valence-corrected chi connectivity index (χ1v) is 10.9. The molecule has 0 N–H and O–H groups in total. The maximum Gasteiger partial charge on any atom is 0.433 e. The number of rotatable bonds is 4. The first-order valence-electron chi connectivity index (χ1n) is 9.49. The van der Waals surface area contributed by atoms with Crippen molar-refractivity contribution in [1.82, 2.24) is 28.7 Å². The van der Waals surface area contributed by atoms with Gasteiger partial charge in [0.2, 0.25) is 10.0 Å². The van der Waals surface area contributed by atoms with Crippen molar-refractivity contribution < 1.29 is 21.6 Å². The van der Waals surface area contributed by atoms with Crippen molar-refractivity contribution in [2.75, 3.05) is 13.1 Å². The average Bonchev–Trinajstić information content (AvgIpc) is 3.37. The summed E-state index contributed by atoms with van der Waals surface area (Å²) in [6.07, 6.45) is -2.77. The SMILES string of the molecule is CCn1ncc(S(=O)(=O)N2CCC(c3cc4nc(C)cc(C(F)(F)F)n4n3)C2)c1C. The van der Waals surface area contributed by atoms with Crippen LogP contribution in [0.25, 0.3) is 5.65 Å². The summed E-state index contributed by atoms with van der Waals surface area (Å²) < 4.78 is 70.0. The van der Waals surface area contributed by atoms with Gasteiger partial charge in [0.15, 0.2) is 5.65 Å². The number of hydrogen-bond donors (Lipinski definition) is 0. The van der Waals surface area contributed by atoms with Crippen LogP contribution in [0.3, 0.4) is 0 Å². The molecule has 12 heteroatoms. The van der Waals surface area contributed by atoms with Gasteiger partial charge < -0.3 is 0 Å². The second kappa shape index (κ2) is 7.05. The highest BCUT2D eigenvalue weighted by atomic mass is 32.2. The molecule has 1 aliphatic rings. The molecule has 0 radical (unpaired) electrons. The van der Waals surface area contributed by atoms with E-state index in [1.165, 1.54) is 23.5 Å². The smallest absolute Gasteiger partial charge is 0.269 e. The second-order valence-corrected chi connectivity index (χ2v) is 9.28. The highest BCUT2D eigenvalue weighted by Gasteiger charge is 2.38. The lowest BCUT2D eigenvalue weighted by Gasteiger charge is -2.16. The molecule has 1 fully saturated rings. The Hall–Kier alpha value is -2.47. The Balaban J connectivity index is 1.65. The maximum atomic E-state index is 13.4. The summed E-state index contributed by atoms with van der Waals surface area (Å²) in [6, 6.07) is 2.45. The van der Waals surface area contributed by atoms with E-state index >= 15 is 0 Å². The Bertz CT molecular complexity index is 1210. The number of fused-ring (bicyclic) bond motifs is 1. The van der Waals surface area contributed by atoms with Crippen LogP contribution in [-0.4, -0.2) is 50.2 Å². The molecule has 30 heavy (non-hydrogen) atoms. The van der Waals surface area contributed by atoms with E-state index in [0.717, 1.165) is 10.6 Å². The number of sulfonamides is 1. The lowest BCUT2D eigenvalue weighted by atomic mass is 10.1. The van der Waals surface area contributed by atoms with Crippen molar-refractivity contribution in [3.8, 4) is 0 Å². The quantitative estimate of drug-likeness (QED) is 0.620. The van der Waals surface area contributed by atoms with E-state index in [0.29, 0.717) is 24.4 Å². The van der Waals surface area contributed by atoms with E-state index in [9.17, 15) is 21.6 Å². The Kier molecular flexibility index (Phi) is 4.88. The van der Waals surface area contributed by atoms with Crippen molar-refractivity contribution >= 4 is 15.7 Å². The van der Waals surface area contributed by atoms with Crippen LogP contribution < -0.4 is 0 Å². The van der Waals surface area contributed by atoms with Gasteiger partial charge >= 0.3 is 6.18 Å². The summed E-state index contributed by atoms with van der Waals surface area (Å²) in [5, 5.41) is 8.22. The number of aryl methyl sites for hydroxylation is 2. The third-order valence-corrected chi connectivity index (χ3v) is 7.38. The van der Waals surface area contributed by atoms with Crippen LogP contribution in [0.1, 0.15) is 42.0 Å². The highest BCUT2D eigenvalue weighted by Crippen LogP contribution is 2.34. The van der Waals surface area contributed by atoms with E-state index < -0.39 is 21.9 Å². The van der Waals surface area contributed by atoms with Crippen LogP contribution in [0, 0.1) is 13.8 Å². The van der Waals surface area contributed by atoms with Crippen LogP contribution in [0.5, 0.6) is 0 Å². The van der Waals surface area contributed by atoms with Gasteiger partial charge in [0.1, 0.15) is 10.6 Å². The standard InChI is InChI=1S/C18H21F3N6O2S/c1-4-26-12(3)15(9-22-26)30(28,29)25-6-5-13(10-25)14-8-17-23-11(2)7-16(18(19,20)21)27(17)24-14/h7-9,13H,4-6,10H2,1-3H3. The van der Waals surface area contributed by atoms with E-state index in [1.807, 2.05) is 6.92 Å². The molecule has 8 nitrogen and oxygen atoms in total. The van der Waals surface area contributed by atoms with Crippen molar-refractivity contribution in [3.05, 3.63) is 41.1 Å². The van der Waals surface area contributed by atoms with Gasteiger partial charge in [-0.3, -0.25) is 4.68 Å². The van der Waals surface area contributed by atoms with Gasteiger partial charge in [-0.05, 0) is 33.3 Å². The summed E-state index contributed by atoms with van der Waals surface area (Å²) in [5.41, 5.74) is 0.390. The molecule has 0 saturated carbocycles. The summed E-state index contributed by atoms with van der Waals surface area (Å²) >= 11 is 0. The third-order valence-electron chi connectivity index (χ3n) is 5.41. The molecule has 1 atom stereocenters. The zero-order valence-electron chi connectivity index (χ0n) is 16.7. The number of halogens is 3. The molecule has 0 aliphatic carbocycles. The molecule has 1 unspecified atom stereocenters. The van der Waals surface area contributed by atoms with Gasteiger partial charge in [0.25, 0.3) is 0 Å². The van der Waals surface area contributed by atoms with Crippen LogP contribution in [0.15, 0.2) is 23.2 Å². The molecule has 3 aromatic heterocycles. The fourth-order valence-corrected chi connectivity index (χ4v) is 5.51. The molecule has 0 bridgehead atoms. The van der Waals surface area contributed by atoms with Gasteiger partial charge in [-0.1, -0.05) is 0 Å². The zero-order valence-corrected chi connectivity index (χ0v) is 17.5. The number of alkyl halides is 3. The minimum atomic E-state index is -4.57. The molecule has 0 aromatic carbocycles. The van der Waals surface area contributed by atoms with Crippen LogP contribution in [0.2, 0.25) is 0 Å². The Morgan fingerprint density at radius 1 is 1.23 bits per heavy atom. The van der Waals surface area contributed by atoms with Crippen molar-refractivity contribution in [2.45, 2.75) is 50.7 Å². The number of hydrogen-bond acceptors (Lipinski definition) is 5. The Morgan fingerprint density at radius 3 is 2.60 bits per heavy atom. The van der Waals surface area contributed by atoms with E-state index in [2.05, 4.69) is 15.2 Å². The average molecular weight is 442 g/mol. The molecular formula is C18H21F3N6O2S. The van der Waals surface area contributed by atoms with Gasteiger partial charge in [-0.25, -0.2) is 17.9 Å². The van der Waals surface area contributed by atoms with Crippen molar-refractivity contribution in [2.24, 2.45) is 0 Å². The molecule has 0 amide bonds. The molecule has 3 aromatic rings. The fraction of sp³-hybridized carbons (Fsp3) is 0.500. The number of nitrogens with zero attached hydrogens (tertiary/aromatic N) is 6. The lowest BCUT2D eigenvalue weighted by Crippen LogP contribution is -2.29. The summed E-state index contributed by atoms with van der Waals surface area (Å²) in [4.78, 5) is 4.29. The normalized spacial score (nSPS) is 18.5. The second-order valence-electron chi connectivity index (χ2n) is 7.38. The minimum absolute atomic E-state index is 0.0960. The molecule has 162 valence electrons. The van der Waals surface area contributed by atoms with E-state index in [1.54, 1.807) is 11.6 Å². The predicted molar refractivity (Wildman–Crippen MR) is 101 cm³/mol. The highest BCUT2D eigenvalue weighted by molar-refractivity contribution is 7.89. The monoisotopic (exact) mass is 442 g/mol. The van der Waals surface area contributed by atoms with Crippen LogP contribution in [0.4, 0.5) is 13.2 Å². The van der Waals surface area contributed by atoms with Gasteiger partial charge in [0, 0.05) is 37.3 Å². The molecule has 4 rings (SSSR count). The molecule has 1 aliphatic heterocycles. The van der Waals surface area contributed by atoms with Gasteiger partial charge in [0.05, 0.1) is 17.6 Å². The molecule has 4 heterocycles. The van der Waals surface area contributed by atoms with Crippen molar-refractivity contribution in [1.29, 1.82) is 0 Å². The third kappa shape index (κ3) is 3.37. The van der Waals surface area contributed by atoms with Crippen LogP contribution >= 0.6 is 0 Å². The van der Waals surface area contributed by atoms with E-state index in [4.69, 9.17) is 0 Å². The molecular weight excluding hydrogens is 421 g/mol. The first-order chi connectivity index (χ1) is 14.0. The number of aromatic nitrogens is 5. The van der Waals surface area contributed by atoms with Gasteiger partial charge in [-0.2, -0.15) is 27.7 Å². The molecule has 0 spiro atoms. The Labute approximate surface area is 171 Å². The Morgan fingerprint density at radius 2 is 1.97 bits per heavy atom. The van der Waals surface area contributed by atoms with Crippen LogP contribution in [-0.2, 0) is 22.7 Å². The predicted octanol–water partition coefficient (Wildman–Crippen LogP) is 2.76. The van der Waals surface area contributed by atoms with Crippen molar-refractivity contribution in [3.63, 3.8) is 0 Å².